The van der Waals surface area contributed by atoms with Gasteiger partial charge in [0, 0.05) is 47.5 Å². The van der Waals surface area contributed by atoms with Crippen molar-refractivity contribution in [2.24, 2.45) is 0 Å². The number of carbonyl (C=O) groups excluding carboxylic acids is 1. The molecule has 0 atom stereocenters. The van der Waals surface area contributed by atoms with Gasteiger partial charge in [0.15, 0.2) is 5.13 Å². The molecule has 2 heterocycles. The van der Waals surface area contributed by atoms with Gasteiger partial charge in [0.05, 0.1) is 16.1 Å². The Kier molecular flexibility index (Phi) is 5.59. The van der Waals surface area contributed by atoms with Crippen LogP contribution in [0.3, 0.4) is 0 Å². The normalized spacial score (nSPS) is 10.9. The van der Waals surface area contributed by atoms with E-state index < -0.39 is 4.92 Å². The molecule has 0 fully saturated rings. The van der Waals surface area contributed by atoms with Crippen LogP contribution in [0.25, 0.3) is 22.2 Å². The predicted molar refractivity (Wildman–Crippen MR) is 120 cm³/mol. The minimum atomic E-state index is -0.463. The van der Waals surface area contributed by atoms with Crippen LogP contribution in [0.2, 0.25) is 0 Å². The standard InChI is InChI=1S/C22H18N4O4S/c1-14-11-21(28)25(19-8-3-2-7-17(14)19)10-9-20(27)24-22-23-18(13-31-22)15-5-4-6-16(12-15)26(29)30/h2-8,11-13H,9-10H2,1H3,(H,23,24,27). The van der Waals surface area contributed by atoms with Gasteiger partial charge >= 0.3 is 0 Å². The number of thiazole rings is 1. The lowest BCUT2D eigenvalue weighted by atomic mass is 10.1. The van der Waals surface area contributed by atoms with Crippen molar-refractivity contribution in [1.29, 1.82) is 0 Å². The fourth-order valence-electron chi connectivity index (χ4n) is 3.37. The number of aromatic nitrogens is 2. The SMILES string of the molecule is Cc1cc(=O)n(CCC(=O)Nc2nc(-c3cccc([N+](=O)[O-])c3)cs2)c2ccccc12. The first-order valence-corrected chi connectivity index (χ1v) is 10.4. The molecule has 8 nitrogen and oxygen atoms in total. The van der Waals surface area contributed by atoms with Crippen LogP contribution in [-0.4, -0.2) is 20.4 Å². The quantitative estimate of drug-likeness (QED) is 0.358. The molecule has 0 aliphatic heterocycles. The second-order valence-corrected chi connectivity index (χ2v) is 7.84. The maximum absolute atomic E-state index is 12.4. The van der Waals surface area contributed by atoms with Crippen molar-refractivity contribution in [3.05, 3.63) is 86.0 Å². The molecule has 1 amide bonds. The van der Waals surface area contributed by atoms with Crippen molar-refractivity contribution in [2.75, 3.05) is 5.32 Å². The summed E-state index contributed by atoms with van der Waals surface area (Å²) < 4.78 is 1.60. The summed E-state index contributed by atoms with van der Waals surface area (Å²) in [6.45, 7) is 2.14. The summed E-state index contributed by atoms with van der Waals surface area (Å²) in [7, 11) is 0. The van der Waals surface area contributed by atoms with E-state index in [1.807, 2.05) is 31.2 Å². The molecular formula is C22H18N4O4S. The molecule has 0 aliphatic carbocycles. The molecule has 9 heteroatoms. The molecule has 4 aromatic rings. The molecule has 2 aromatic carbocycles. The highest BCUT2D eigenvalue weighted by molar-refractivity contribution is 7.14. The van der Waals surface area contributed by atoms with Crippen molar-refractivity contribution in [3.8, 4) is 11.3 Å². The van der Waals surface area contributed by atoms with E-state index >= 15 is 0 Å². The van der Waals surface area contributed by atoms with Crippen LogP contribution in [-0.2, 0) is 11.3 Å². The first kappa shape index (κ1) is 20.4. The van der Waals surface area contributed by atoms with Crippen LogP contribution < -0.4 is 10.9 Å². The van der Waals surface area contributed by atoms with E-state index in [1.165, 1.54) is 23.5 Å². The van der Waals surface area contributed by atoms with Crippen molar-refractivity contribution in [1.82, 2.24) is 9.55 Å². The average molecular weight is 434 g/mol. The van der Waals surface area contributed by atoms with Gasteiger partial charge in [-0.15, -0.1) is 11.3 Å². The monoisotopic (exact) mass is 434 g/mol. The Hall–Kier alpha value is -3.85. The molecule has 2 aromatic heterocycles. The highest BCUT2D eigenvalue weighted by atomic mass is 32.1. The van der Waals surface area contributed by atoms with Crippen LogP contribution >= 0.6 is 11.3 Å². The third-order valence-corrected chi connectivity index (χ3v) is 5.65. The zero-order chi connectivity index (χ0) is 22.0. The number of para-hydroxylation sites is 1. The summed E-state index contributed by atoms with van der Waals surface area (Å²) >= 11 is 1.23. The number of anilines is 1. The first-order valence-electron chi connectivity index (χ1n) is 9.52. The lowest BCUT2D eigenvalue weighted by Gasteiger charge is -2.11. The highest BCUT2D eigenvalue weighted by Crippen LogP contribution is 2.27. The summed E-state index contributed by atoms with van der Waals surface area (Å²) in [5, 5.41) is 16.8. The largest absolute Gasteiger partial charge is 0.308 e. The number of nitrogens with one attached hydrogen (secondary N) is 1. The van der Waals surface area contributed by atoms with E-state index in [-0.39, 0.29) is 30.1 Å². The van der Waals surface area contributed by atoms with Gasteiger partial charge in [-0.3, -0.25) is 19.7 Å². The Labute approximate surface area is 181 Å². The van der Waals surface area contributed by atoms with Crippen LogP contribution in [0.5, 0.6) is 0 Å². The van der Waals surface area contributed by atoms with Gasteiger partial charge in [-0.25, -0.2) is 4.98 Å². The number of aryl methyl sites for hydroxylation is 2. The fraction of sp³-hybridized carbons (Fsp3) is 0.136. The van der Waals surface area contributed by atoms with Crippen LogP contribution in [0, 0.1) is 17.0 Å². The van der Waals surface area contributed by atoms with E-state index in [4.69, 9.17) is 0 Å². The molecule has 0 saturated carbocycles. The number of carbonyl (C=O) groups is 1. The van der Waals surface area contributed by atoms with E-state index in [9.17, 15) is 19.7 Å². The summed E-state index contributed by atoms with van der Waals surface area (Å²) in [4.78, 5) is 39.7. The summed E-state index contributed by atoms with van der Waals surface area (Å²) in [5.41, 5.74) is 2.67. The van der Waals surface area contributed by atoms with Gasteiger partial charge in [-0.1, -0.05) is 30.3 Å². The van der Waals surface area contributed by atoms with Crippen molar-refractivity contribution >= 4 is 39.0 Å². The first-order chi connectivity index (χ1) is 14.9. The minimum Gasteiger partial charge on any atom is -0.308 e. The van der Waals surface area contributed by atoms with Gasteiger partial charge < -0.3 is 9.88 Å². The molecule has 31 heavy (non-hydrogen) atoms. The summed E-state index contributed by atoms with van der Waals surface area (Å²) in [6, 6.07) is 15.3. The fourth-order valence-corrected chi connectivity index (χ4v) is 4.11. The average Bonchev–Trinajstić information content (AvgIpc) is 3.22. The number of fused-ring (bicyclic) bond motifs is 1. The molecule has 0 radical (unpaired) electrons. The maximum Gasteiger partial charge on any atom is 0.270 e. The lowest BCUT2D eigenvalue weighted by molar-refractivity contribution is -0.384. The number of non-ortho nitro benzene ring substituents is 1. The number of nitro groups is 1. The highest BCUT2D eigenvalue weighted by Gasteiger charge is 2.13. The molecule has 1 N–H and O–H groups in total. The van der Waals surface area contributed by atoms with Crippen LogP contribution in [0.1, 0.15) is 12.0 Å². The third-order valence-electron chi connectivity index (χ3n) is 4.89. The molecule has 0 bridgehead atoms. The van der Waals surface area contributed by atoms with Crippen molar-refractivity contribution in [2.45, 2.75) is 19.9 Å². The van der Waals surface area contributed by atoms with Crippen LogP contribution in [0.15, 0.2) is 64.8 Å². The minimum absolute atomic E-state index is 0.0214. The molecule has 0 aliphatic rings. The molecule has 0 unspecified atom stereocenters. The van der Waals surface area contributed by atoms with Gasteiger partial charge in [0.25, 0.3) is 11.2 Å². The van der Waals surface area contributed by atoms with Crippen LogP contribution in [0.4, 0.5) is 10.8 Å². The number of hydrogen-bond donors (Lipinski definition) is 1. The van der Waals surface area contributed by atoms with Gasteiger partial charge in [0.1, 0.15) is 0 Å². The number of hydrogen-bond acceptors (Lipinski definition) is 6. The number of benzene rings is 2. The second-order valence-electron chi connectivity index (χ2n) is 6.98. The van der Waals surface area contributed by atoms with Crippen molar-refractivity contribution in [3.63, 3.8) is 0 Å². The van der Waals surface area contributed by atoms with E-state index in [1.54, 1.807) is 28.1 Å². The molecule has 0 saturated heterocycles. The van der Waals surface area contributed by atoms with E-state index in [0.717, 1.165) is 16.5 Å². The summed E-state index contributed by atoms with van der Waals surface area (Å²) in [6.07, 6.45) is 0.110. The molecule has 0 spiro atoms. The topological polar surface area (TPSA) is 107 Å². The number of rotatable bonds is 6. The Bertz CT molecular complexity index is 1360. The molecular weight excluding hydrogens is 416 g/mol. The van der Waals surface area contributed by atoms with Gasteiger partial charge in [0.2, 0.25) is 5.91 Å². The molecule has 4 rings (SSSR count). The molecule has 156 valence electrons. The van der Waals surface area contributed by atoms with Gasteiger partial charge in [-0.2, -0.15) is 0 Å². The Morgan fingerprint density at radius 3 is 2.81 bits per heavy atom. The zero-order valence-electron chi connectivity index (χ0n) is 16.6. The number of amides is 1. The Balaban J connectivity index is 1.46. The number of nitrogens with zero attached hydrogens (tertiary/aromatic N) is 3. The van der Waals surface area contributed by atoms with Gasteiger partial charge in [-0.05, 0) is 18.6 Å². The van der Waals surface area contributed by atoms with E-state index in [2.05, 4.69) is 10.3 Å². The lowest BCUT2D eigenvalue weighted by Crippen LogP contribution is -2.23. The Morgan fingerprint density at radius 1 is 1.19 bits per heavy atom. The predicted octanol–water partition coefficient (Wildman–Crippen LogP) is 4.37. The zero-order valence-corrected chi connectivity index (χ0v) is 17.4. The number of nitro benzene ring substituents is 1. The maximum atomic E-state index is 12.4. The third kappa shape index (κ3) is 4.36. The smallest absolute Gasteiger partial charge is 0.270 e. The second kappa shape index (κ2) is 8.49. The summed E-state index contributed by atoms with van der Waals surface area (Å²) in [5.74, 6) is -0.267. The van der Waals surface area contributed by atoms with Crippen molar-refractivity contribution < 1.29 is 9.72 Å². The Morgan fingerprint density at radius 2 is 2.00 bits per heavy atom. The number of pyridine rings is 1. The van der Waals surface area contributed by atoms with E-state index in [0.29, 0.717) is 16.4 Å².